The number of carbonyl (C=O) groups excluding carboxylic acids is 2. The molecule has 0 radical (unpaired) electrons. The number of ether oxygens (including phenoxy) is 1. The van der Waals surface area contributed by atoms with Gasteiger partial charge in [-0.25, -0.2) is 14.6 Å². The summed E-state index contributed by atoms with van der Waals surface area (Å²) in [5.41, 5.74) is -0.169. The number of carboxylic acids is 1. The highest BCUT2D eigenvalue weighted by atomic mass is 16.6. The van der Waals surface area contributed by atoms with Crippen molar-refractivity contribution in [2.45, 2.75) is 32.4 Å². The third-order valence-electron chi connectivity index (χ3n) is 3.30. The number of nitrogens with zero attached hydrogens (tertiary/aromatic N) is 1. The van der Waals surface area contributed by atoms with E-state index in [0.29, 0.717) is 5.56 Å². The number of hydrogen-bond acceptors (Lipinski definition) is 5. The van der Waals surface area contributed by atoms with Crippen LogP contribution in [-0.2, 0) is 9.53 Å². The molecule has 1 heterocycles. The average Bonchev–Trinajstić information content (AvgIpc) is 2.58. The minimum atomic E-state index is -1.19. The lowest BCUT2D eigenvalue weighted by atomic mass is 10.1. The lowest BCUT2D eigenvalue weighted by Gasteiger charge is -2.24. The Morgan fingerprint density at radius 2 is 1.73 bits per heavy atom. The van der Waals surface area contributed by atoms with E-state index in [1.54, 1.807) is 51.1 Å². The number of carboxylic acid groups (broad SMARTS) is 1. The molecule has 2 N–H and O–H groups in total. The first-order valence-electron chi connectivity index (χ1n) is 7.95. The predicted molar refractivity (Wildman–Crippen MR) is 93.7 cm³/mol. The van der Waals surface area contributed by atoms with Gasteiger partial charge in [-0.3, -0.25) is 4.79 Å². The molecule has 26 heavy (non-hydrogen) atoms. The largest absolute Gasteiger partial charge is 0.477 e. The first-order chi connectivity index (χ1) is 12.2. The van der Waals surface area contributed by atoms with E-state index in [9.17, 15) is 14.4 Å². The fourth-order valence-corrected chi connectivity index (χ4v) is 2.15. The van der Waals surface area contributed by atoms with Crippen LogP contribution < -0.4 is 5.32 Å². The number of hydrogen-bond donors (Lipinski definition) is 2. The molecule has 1 aromatic carbocycles. The molecule has 0 unspecified atom stereocenters. The van der Waals surface area contributed by atoms with Gasteiger partial charge in [-0.2, -0.15) is 0 Å². The molecule has 0 aliphatic rings. The summed E-state index contributed by atoms with van der Waals surface area (Å²) in [6.07, 6.45) is 1.15. The van der Waals surface area contributed by atoms with Gasteiger partial charge in [0.2, 0.25) is 0 Å². The Bertz CT molecular complexity index is 795. The summed E-state index contributed by atoms with van der Waals surface area (Å²) in [6, 6.07) is 10.3. The average molecular weight is 356 g/mol. The predicted octanol–water partition coefficient (Wildman–Crippen LogP) is 2.59. The van der Waals surface area contributed by atoms with Crippen LogP contribution in [0.25, 0.3) is 0 Å². The van der Waals surface area contributed by atoms with Crippen molar-refractivity contribution in [3.63, 3.8) is 0 Å². The van der Waals surface area contributed by atoms with Gasteiger partial charge in [0.25, 0.3) is 5.91 Å². The van der Waals surface area contributed by atoms with E-state index >= 15 is 0 Å². The molecule has 0 aliphatic heterocycles. The monoisotopic (exact) mass is 356 g/mol. The van der Waals surface area contributed by atoms with Crippen LogP contribution in [0.5, 0.6) is 0 Å². The zero-order valence-electron chi connectivity index (χ0n) is 14.7. The summed E-state index contributed by atoms with van der Waals surface area (Å²) >= 11 is 0. The molecular formula is C19H20N2O5. The van der Waals surface area contributed by atoms with Gasteiger partial charge >= 0.3 is 11.9 Å². The number of amides is 1. The van der Waals surface area contributed by atoms with E-state index in [0.717, 1.165) is 6.20 Å². The third-order valence-corrected chi connectivity index (χ3v) is 3.30. The maximum atomic E-state index is 12.5. The van der Waals surface area contributed by atoms with Gasteiger partial charge < -0.3 is 15.2 Å². The number of rotatable bonds is 5. The lowest BCUT2D eigenvalue weighted by Crippen LogP contribution is -2.38. The van der Waals surface area contributed by atoms with Crippen LogP contribution >= 0.6 is 0 Å². The van der Waals surface area contributed by atoms with E-state index in [1.165, 1.54) is 12.1 Å². The van der Waals surface area contributed by atoms with Gasteiger partial charge in [-0.15, -0.1) is 0 Å². The molecule has 0 fully saturated rings. The summed E-state index contributed by atoms with van der Waals surface area (Å²) in [5.74, 6) is -2.34. The SMILES string of the molecule is CC(C)(C)OC(=O)[C@@H](NC(=O)c1ccc(C(=O)O)nc1)c1ccccc1. The number of esters is 1. The highest BCUT2D eigenvalue weighted by Gasteiger charge is 2.28. The molecule has 136 valence electrons. The number of aromatic nitrogens is 1. The first kappa shape index (κ1) is 19.1. The van der Waals surface area contributed by atoms with Crippen LogP contribution in [0.4, 0.5) is 0 Å². The second kappa shape index (κ2) is 7.77. The molecule has 0 saturated heterocycles. The van der Waals surface area contributed by atoms with Gasteiger partial charge in [0.05, 0.1) is 5.56 Å². The van der Waals surface area contributed by atoms with Crippen LogP contribution in [0.15, 0.2) is 48.7 Å². The quantitative estimate of drug-likeness (QED) is 0.798. The van der Waals surface area contributed by atoms with Crippen LogP contribution in [0.1, 0.15) is 53.2 Å². The molecule has 1 atom stereocenters. The Balaban J connectivity index is 2.24. The molecule has 0 spiro atoms. The smallest absolute Gasteiger partial charge is 0.354 e. The van der Waals surface area contributed by atoms with Crippen molar-refractivity contribution in [2.75, 3.05) is 0 Å². The van der Waals surface area contributed by atoms with Gasteiger partial charge in [-0.1, -0.05) is 30.3 Å². The van der Waals surface area contributed by atoms with E-state index in [4.69, 9.17) is 9.84 Å². The minimum Gasteiger partial charge on any atom is -0.477 e. The van der Waals surface area contributed by atoms with E-state index in [2.05, 4.69) is 10.3 Å². The fraction of sp³-hybridized carbons (Fsp3) is 0.263. The number of carbonyl (C=O) groups is 3. The number of pyridine rings is 1. The summed E-state index contributed by atoms with van der Waals surface area (Å²) in [7, 11) is 0. The molecular weight excluding hydrogens is 336 g/mol. The standard InChI is InChI=1S/C19H20N2O5/c1-19(2,3)26-18(25)15(12-7-5-4-6-8-12)21-16(22)13-9-10-14(17(23)24)20-11-13/h4-11,15H,1-3H3,(H,21,22)(H,23,24)/t15-/m0/s1. The maximum absolute atomic E-state index is 12.5. The molecule has 0 bridgehead atoms. The lowest BCUT2D eigenvalue weighted by molar-refractivity contribution is -0.157. The van der Waals surface area contributed by atoms with Gasteiger partial charge in [-0.05, 0) is 38.5 Å². The van der Waals surface area contributed by atoms with E-state index < -0.39 is 29.5 Å². The zero-order chi connectivity index (χ0) is 19.3. The molecule has 7 heteroatoms. The van der Waals surface area contributed by atoms with Crippen molar-refractivity contribution in [1.82, 2.24) is 10.3 Å². The van der Waals surface area contributed by atoms with Gasteiger partial charge in [0.15, 0.2) is 6.04 Å². The number of aromatic carboxylic acids is 1. The highest BCUT2D eigenvalue weighted by Crippen LogP contribution is 2.19. The van der Waals surface area contributed by atoms with Crippen LogP contribution in [-0.4, -0.2) is 33.5 Å². The van der Waals surface area contributed by atoms with Crippen molar-refractivity contribution >= 4 is 17.8 Å². The molecule has 2 rings (SSSR count). The van der Waals surface area contributed by atoms with Crippen molar-refractivity contribution in [2.24, 2.45) is 0 Å². The Kier molecular flexibility index (Phi) is 5.71. The van der Waals surface area contributed by atoms with E-state index in [1.807, 2.05) is 0 Å². The Morgan fingerprint density at radius 1 is 1.08 bits per heavy atom. The second-order valence-electron chi connectivity index (χ2n) is 6.59. The molecule has 1 amide bonds. The molecule has 0 saturated carbocycles. The molecule has 1 aromatic heterocycles. The molecule has 2 aromatic rings. The number of benzene rings is 1. The topological polar surface area (TPSA) is 106 Å². The fourth-order valence-electron chi connectivity index (χ4n) is 2.15. The summed E-state index contributed by atoms with van der Waals surface area (Å²) < 4.78 is 5.39. The van der Waals surface area contributed by atoms with Gasteiger partial charge in [0, 0.05) is 6.20 Å². The van der Waals surface area contributed by atoms with Crippen LogP contribution in [0, 0.1) is 0 Å². The van der Waals surface area contributed by atoms with Crippen molar-refractivity contribution in [1.29, 1.82) is 0 Å². The van der Waals surface area contributed by atoms with Crippen molar-refractivity contribution < 1.29 is 24.2 Å². The Hall–Kier alpha value is -3.22. The third kappa shape index (κ3) is 5.14. The Morgan fingerprint density at radius 3 is 2.23 bits per heavy atom. The zero-order valence-corrected chi connectivity index (χ0v) is 14.7. The number of nitrogens with one attached hydrogen (secondary N) is 1. The minimum absolute atomic E-state index is 0.138. The van der Waals surface area contributed by atoms with Crippen LogP contribution in [0.2, 0.25) is 0 Å². The highest BCUT2D eigenvalue weighted by molar-refractivity contribution is 5.97. The maximum Gasteiger partial charge on any atom is 0.354 e. The summed E-state index contributed by atoms with van der Waals surface area (Å²) in [4.78, 5) is 39.6. The van der Waals surface area contributed by atoms with Crippen LogP contribution in [0.3, 0.4) is 0 Å². The Labute approximate surface area is 151 Å². The van der Waals surface area contributed by atoms with Crippen molar-refractivity contribution in [3.05, 3.63) is 65.5 Å². The second-order valence-corrected chi connectivity index (χ2v) is 6.59. The summed E-state index contributed by atoms with van der Waals surface area (Å²) in [5, 5.41) is 11.5. The first-order valence-corrected chi connectivity index (χ1v) is 7.95. The van der Waals surface area contributed by atoms with Gasteiger partial charge in [0.1, 0.15) is 11.3 Å². The summed E-state index contributed by atoms with van der Waals surface area (Å²) in [6.45, 7) is 5.22. The molecule has 7 nitrogen and oxygen atoms in total. The normalized spacial score (nSPS) is 12.1. The molecule has 0 aliphatic carbocycles. The van der Waals surface area contributed by atoms with Crippen molar-refractivity contribution in [3.8, 4) is 0 Å². The van der Waals surface area contributed by atoms with E-state index in [-0.39, 0.29) is 11.3 Å².